The molecule has 3 atom stereocenters. The highest BCUT2D eigenvalue weighted by atomic mass is 32.0. The van der Waals surface area contributed by atoms with E-state index >= 15 is 0 Å². The highest BCUT2D eigenvalue weighted by molar-refractivity contribution is 8.01. The quantitative estimate of drug-likeness (QED) is 0.122. The minimum absolute atomic E-state index is 0.0999. The Balaban J connectivity index is 5.12. The second-order valence-corrected chi connectivity index (χ2v) is 9.25. The summed E-state index contributed by atoms with van der Waals surface area (Å²) in [6.07, 6.45) is 13.3. The van der Waals surface area contributed by atoms with Crippen molar-refractivity contribution in [3.8, 4) is 0 Å². The van der Waals surface area contributed by atoms with Crippen LogP contribution in [-0.2, 0) is 23.8 Å². The number of nitrogens with zero attached hydrogens (tertiary/aromatic N) is 1. The maximum atomic E-state index is 12.5. The van der Waals surface area contributed by atoms with Gasteiger partial charge in [-0.3, -0.25) is 9.46 Å². The van der Waals surface area contributed by atoms with Gasteiger partial charge in [0.15, 0.2) is 0 Å². The van der Waals surface area contributed by atoms with E-state index in [1.165, 1.54) is 0 Å². The Labute approximate surface area is 198 Å². The van der Waals surface area contributed by atoms with E-state index in [1.54, 1.807) is 0 Å². The average Bonchev–Trinajstić information content (AvgIpc) is 2.81. The van der Waals surface area contributed by atoms with Gasteiger partial charge < -0.3 is 24.3 Å². The summed E-state index contributed by atoms with van der Waals surface area (Å²) in [5.74, 6) is -0.0999. The summed E-state index contributed by atoms with van der Waals surface area (Å²) >= 11 is 0. The number of aldehydes is 1. The van der Waals surface area contributed by atoms with Crippen LogP contribution in [0.3, 0.4) is 0 Å². The standard InChI is InChI=1S/C23H42N2O5P2/c1-5-8-13-28-18-23(19-29-14-9-6-2,20-30-15-10-7-3)17-24-22(27)12-11-21(16-26)25(4)32-31/h5-10,16,21,32H,11-15,17-20,31H2,1-4H3,(H,24,27)/t21-,23?/m0/s1. The fourth-order valence-electron chi connectivity index (χ4n) is 2.70. The monoisotopic (exact) mass is 488 g/mol. The number of rotatable bonds is 20. The van der Waals surface area contributed by atoms with Crippen LogP contribution >= 0.6 is 17.3 Å². The number of nitrogens with one attached hydrogen (secondary N) is 1. The molecule has 0 radical (unpaired) electrons. The molecule has 0 rings (SSSR count). The first-order valence-corrected chi connectivity index (χ1v) is 13.7. The molecule has 1 amide bonds. The summed E-state index contributed by atoms with van der Waals surface area (Å²) in [5, 5.41) is 3.01. The average molecular weight is 489 g/mol. The molecule has 0 bridgehead atoms. The molecule has 0 aliphatic heterocycles. The Kier molecular flexibility index (Phi) is 20.0. The van der Waals surface area contributed by atoms with Crippen molar-refractivity contribution >= 4 is 29.5 Å². The van der Waals surface area contributed by atoms with Gasteiger partial charge >= 0.3 is 0 Å². The van der Waals surface area contributed by atoms with Crippen molar-refractivity contribution in [2.45, 2.75) is 39.7 Å². The van der Waals surface area contributed by atoms with Gasteiger partial charge in [0.25, 0.3) is 0 Å². The third-order valence-electron chi connectivity index (χ3n) is 4.76. The van der Waals surface area contributed by atoms with Crippen molar-refractivity contribution in [1.82, 2.24) is 9.99 Å². The molecule has 32 heavy (non-hydrogen) atoms. The molecule has 0 heterocycles. The van der Waals surface area contributed by atoms with Gasteiger partial charge in [0.05, 0.1) is 51.1 Å². The molecule has 0 aliphatic carbocycles. The molecule has 0 saturated carbocycles. The van der Waals surface area contributed by atoms with E-state index in [0.717, 1.165) is 6.29 Å². The lowest BCUT2D eigenvalue weighted by Crippen LogP contribution is -2.47. The lowest BCUT2D eigenvalue weighted by atomic mass is 9.90. The van der Waals surface area contributed by atoms with E-state index < -0.39 is 5.41 Å². The maximum Gasteiger partial charge on any atom is 0.220 e. The van der Waals surface area contributed by atoms with Gasteiger partial charge in [-0.25, -0.2) is 0 Å². The smallest absolute Gasteiger partial charge is 0.220 e. The number of likely N-dealkylation sites (N-methyl/N-ethyl adjacent to an activating group) is 1. The molecule has 0 spiro atoms. The van der Waals surface area contributed by atoms with Gasteiger partial charge in [-0.15, -0.1) is 0 Å². The maximum absolute atomic E-state index is 12.5. The van der Waals surface area contributed by atoms with Crippen LogP contribution in [-0.4, -0.2) is 76.1 Å². The summed E-state index contributed by atoms with van der Waals surface area (Å²) in [5.41, 5.74) is -0.525. The molecule has 1 N–H and O–H groups in total. The number of ether oxygens (including phenoxy) is 3. The normalized spacial score (nSPS) is 15.4. The van der Waals surface area contributed by atoms with E-state index in [0.29, 0.717) is 61.0 Å². The third-order valence-corrected chi connectivity index (χ3v) is 6.72. The summed E-state index contributed by atoms with van der Waals surface area (Å²) in [6, 6.07) is -0.265. The molecule has 2 unspecified atom stereocenters. The van der Waals surface area contributed by atoms with Crippen LogP contribution in [0, 0.1) is 5.41 Å². The minimum atomic E-state index is -0.525. The lowest BCUT2D eigenvalue weighted by Gasteiger charge is -2.33. The number of amides is 1. The SMILES string of the molecule is CC=CCOCC(CNC(=O)CC[C@@H](C=O)N(C)PP)(COCC=CC)COCC=CC. The van der Waals surface area contributed by atoms with E-state index in [9.17, 15) is 9.59 Å². The Morgan fingerprint density at radius 3 is 1.84 bits per heavy atom. The Bertz CT molecular complexity index is 539. The van der Waals surface area contributed by atoms with Crippen LogP contribution in [0.5, 0.6) is 0 Å². The van der Waals surface area contributed by atoms with Crippen LogP contribution in [0.2, 0.25) is 0 Å². The minimum Gasteiger partial charge on any atom is -0.377 e. The van der Waals surface area contributed by atoms with Crippen molar-refractivity contribution in [3.05, 3.63) is 36.5 Å². The molecule has 0 aromatic rings. The van der Waals surface area contributed by atoms with E-state index in [2.05, 4.69) is 14.2 Å². The summed E-state index contributed by atoms with van der Waals surface area (Å²) in [4.78, 5) is 23.9. The topological polar surface area (TPSA) is 77.1 Å². The van der Waals surface area contributed by atoms with Gasteiger partial charge in [-0.05, 0) is 42.7 Å². The van der Waals surface area contributed by atoms with Crippen molar-refractivity contribution in [3.63, 3.8) is 0 Å². The first kappa shape index (κ1) is 31.1. The number of carbonyl (C=O) groups excluding carboxylic acids is 2. The fraction of sp³-hybridized carbons (Fsp3) is 0.652. The van der Waals surface area contributed by atoms with Crippen molar-refractivity contribution < 1.29 is 23.8 Å². The lowest BCUT2D eigenvalue weighted by molar-refractivity contribution is -0.123. The van der Waals surface area contributed by atoms with Crippen molar-refractivity contribution in [2.75, 3.05) is 53.2 Å². The van der Waals surface area contributed by atoms with E-state index in [4.69, 9.17) is 14.2 Å². The Morgan fingerprint density at radius 2 is 1.47 bits per heavy atom. The van der Waals surface area contributed by atoms with Gasteiger partial charge in [-0.2, -0.15) is 0 Å². The van der Waals surface area contributed by atoms with E-state index in [-0.39, 0.29) is 18.4 Å². The molecule has 0 aromatic carbocycles. The van der Waals surface area contributed by atoms with Crippen molar-refractivity contribution in [1.29, 1.82) is 0 Å². The summed E-state index contributed by atoms with van der Waals surface area (Å²) in [7, 11) is 4.92. The first-order valence-electron chi connectivity index (χ1n) is 11.0. The predicted molar refractivity (Wildman–Crippen MR) is 137 cm³/mol. The predicted octanol–water partition coefficient (Wildman–Crippen LogP) is 3.53. The number of hydrogen-bond donors (Lipinski definition) is 1. The van der Waals surface area contributed by atoms with Crippen LogP contribution in [0.4, 0.5) is 0 Å². The number of carbonyl (C=O) groups is 2. The molecule has 9 heteroatoms. The van der Waals surface area contributed by atoms with Gasteiger partial charge in [0.2, 0.25) is 5.91 Å². The molecule has 0 aliphatic rings. The molecule has 0 saturated heterocycles. The van der Waals surface area contributed by atoms with Gasteiger partial charge in [0.1, 0.15) is 6.29 Å². The van der Waals surface area contributed by atoms with E-state index in [1.807, 2.05) is 68.9 Å². The number of hydrogen-bond acceptors (Lipinski definition) is 6. The molecule has 0 fully saturated rings. The van der Waals surface area contributed by atoms with Gasteiger partial charge in [-0.1, -0.05) is 45.4 Å². The second-order valence-electron chi connectivity index (χ2n) is 7.51. The summed E-state index contributed by atoms with van der Waals surface area (Å²) in [6.45, 7) is 8.81. The second kappa shape index (κ2) is 20.7. The van der Waals surface area contributed by atoms with Crippen LogP contribution < -0.4 is 5.32 Å². The molecule has 184 valence electrons. The molecule has 0 aromatic heterocycles. The zero-order valence-corrected chi connectivity index (χ0v) is 22.2. The molecular weight excluding hydrogens is 446 g/mol. The third kappa shape index (κ3) is 15.0. The zero-order chi connectivity index (χ0) is 24.1. The van der Waals surface area contributed by atoms with Crippen molar-refractivity contribution in [2.24, 2.45) is 5.41 Å². The Morgan fingerprint density at radius 1 is 1.00 bits per heavy atom. The molecule has 7 nitrogen and oxygen atoms in total. The first-order chi connectivity index (χ1) is 15.5. The highest BCUT2D eigenvalue weighted by Crippen LogP contribution is 2.27. The van der Waals surface area contributed by atoms with Crippen LogP contribution in [0.15, 0.2) is 36.5 Å². The zero-order valence-electron chi connectivity index (χ0n) is 20.0. The molecular formula is C23H42N2O5P2. The largest absolute Gasteiger partial charge is 0.377 e. The highest BCUT2D eigenvalue weighted by Gasteiger charge is 2.32. The van der Waals surface area contributed by atoms with Crippen LogP contribution in [0.25, 0.3) is 0 Å². The van der Waals surface area contributed by atoms with Crippen LogP contribution in [0.1, 0.15) is 33.6 Å². The van der Waals surface area contributed by atoms with Gasteiger partial charge in [0, 0.05) is 13.0 Å². The Hall–Kier alpha value is -0.940. The number of allylic oxidation sites excluding steroid dienone is 3. The fourth-order valence-corrected chi connectivity index (χ4v) is 3.66. The summed E-state index contributed by atoms with van der Waals surface area (Å²) < 4.78 is 19.5.